The lowest BCUT2D eigenvalue weighted by Crippen LogP contribution is -2.68. The summed E-state index contributed by atoms with van der Waals surface area (Å²) in [5.41, 5.74) is 0.800. The van der Waals surface area contributed by atoms with Gasteiger partial charge in [0.05, 0.1) is 12.4 Å². The Balaban J connectivity index is 1.68. The number of amides is 1. The zero-order chi connectivity index (χ0) is 17.4. The van der Waals surface area contributed by atoms with Crippen LogP contribution in [0.5, 0.6) is 6.01 Å². The molecule has 1 amide bonds. The van der Waals surface area contributed by atoms with Crippen molar-refractivity contribution < 1.29 is 17.9 Å². The summed E-state index contributed by atoms with van der Waals surface area (Å²) in [5, 5.41) is 0. The second-order valence-corrected chi connectivity index (χ2v) is 9.11. The van der Waals surface area contributed by atoms with Crippen LogP contribution >= 0.6 is 0 Å². The molecule has 2 fully saturated rings. The zero-order valence-corrected chi connectivity index (χ0v) is 14.9. The number of likely N-dealkylation sites (tertiary alicyclic amines) is 1. The molecule has 0 radical (unpaired) electrons. The van der Waals surface area contributed by atoms with Gasteiger partial charge in [0.1, 0.15) is 4.75 Å². The predicted octanol–water partition coefficient (Wildman–Crippen LogP) is 0.980. The van der Waals surface area contributed by atoms with Crippen LogP contribution < -0.4 is 4.74 Å². The van der Waals surface area contributed by atoms with Crippen LogP contribution in [0, 0.1) is 12.8 Å². The molecule has 2 aliphatic rings. The second-order valence-electron chi connectivity index (χ2n) is 6.66. The van der Waals surface area contributed by atoms with Crippen molar-refractivity contribution >= 4 is 15.7 Å². The highest BCUT2D eigenvalue weighted by Crippen LogP contribution is 2.45. The third kappa shape index (κ3) is 2.87. The van der Waals surface area contributed by atoms with Crippen molar-refractivity contribution in [2.75, 3.05) is 25.4 Å². The molecule has 2 aliphatic heterocycles. The maximum absolute atomic E-state index is 12.5. The van der Waals surface area contributed by atoms with Crippen LogP contribution in [0.2, 0.25) is 0 Å². The van der Waals surface area contributed by atoms with E-state index in [1.165, 1.54) is 0 Å². The molecule has 1 aromatic rings. The number of carbonyl (C=O) groups is 1. The Kier molecular flexibility index (Phi) is 4.50. The van der Waals surface area contributed by atoms with E-state index in [2.05, 4.69) is 9.97 Å². The molecule has 0 aliphatic carbocycles. The van der Waals surface area contributed by atoms with Gasteiger partial charge in [0, 0.05) is 37.3 Å². The number of sulfone groups is 1. The molecule has 8 heteroatoms. The molecule has 0 N–H and O–H groups in total. The van der Waals surface area contributed by atoms with E-state index in [0.29, 0.717) is 12.8 Å². The fraction of sp³-hybridized carbons (Fsp3) is 0.688. The molecule has 1 spiro atoms. The summed E-state index contributed by atoms with van der Waals surface area (Å²) < 4.78 is 29.9. The van der Waals surface area contributed by atoms with Crippen molar-refractivity contribution in [2.24, 2.45) is 5.92 Å². The standard InChI is InChI=1S/C16H23N3O4S/c1-3-4-14(20)19-10-16(11-19)13(6-8-24(16,21)22)9-23-15-17-7-5-12(2)18-15/h5,7,13H,3-4,6,8-11H2,1-2H3/t13-/m1/s1. The number of carbonyl (C=O) groups excluding carboxylic acids is 1. The number of ether oxygens (including phenoxy) is 1. The second kappa shape index (κ2) is 6.31. The van der Waals surface area contributed by atoms with E-state index in [9.17, 15) is 13.2 Å². The quantitative estimate of drug-likeness (QED) is 0.784. The molecule has 1 aromatic heterocycles. The average Bonchev–Trinajstić information content (AvgIpc) is 2.74. The summed E-state index contributed by atoms with van der Waals surface area (Å²) in [7, 11) is -3.21. The minimum absolute atomic E-state index is 0.0342. The number of rotatable bonds is 5. The third-order valence-electron chi connectivity index (χ3n) is 5.02. The number of nitrogens with zero attached hydrogens (tertiary/aromatic N) is 3. The molecule has 1 atom stereocenters. The van der Waals surface area contributed by atoms with Crippen LogP contribution in [0.3, 0.4) is 0 Å². The molecular weight excluding hydrogens is 330 g/mol. The Bertz CT molecular complexity index is 729. The third-order valence-corrected chi connectivity index (χ3v) is 7.62. The lowest BCUT2D eigenvalue weighted by Gasteiger charge is -2.49. The maximum Gasteiger partial charge on any atom is 0.316 e. The predicted molar refractivity (Wildman–Crippen MR) is 88.4 cm³/mol. The number of hydrogen-bond donors (Lipinski definition) is 0. The highest BCUT2D eigenvalue weighted by atomic mass is 32.2. The van der Waals surface area contributed by atoms with Crippen molar-refractivity contribution in [1.82, 2.24) is 14.9 Å². The fourth-order valence-corrected chi connectivity index (χ4v) is 5.93. The molecule has 24 heavy (non-hydrogen) atoms. The molecule has 2 saturated heterocycles. The Hall–Kier alpha value is -1.70. The first-order valence-electron chi connectivity index (χ1n) is 8.30. The van der Waals surface area contributed by atoms with Crippen molar-refractivity contribution in [3.63, 3.8) is 0 Å². The summed E-state index contributed by atoms with van der Waals surface area (Å²) in [6.07, 6.45) is 3.41. The minimum atomic E-state index is -3.21. The van der Waals surface area contributed by atoms with Gasteiger partial charge in [-0.15, -0.1) is 0 Å². The van der Waals surface area contributed by atoms with Gasteiger partial charge in [-0.2, -0.15) is 0 Å². The Morgan fingerprint density at radius 1 is 1.46 bits per heavy atom. The van der Waals surface area contributed by atoms with Crippen LogP contribution in [-0.4, -0.2) is 59.4 Å². The van der Waals surface area contributed by atoms with E-state index in [1.807, 2.05) is 13.8 Å². The van der Waals surface area contributed by atoms with Gasteiger partial charge in [-0.3, -0.25) is 4.79 Å². The van der Waals surface area contributed by atoms with Crippen LogP contribution in [-0.2, 0) is 14.6 Å². The van der Waals surface area contributed by atoms with Crippen molar-refractivity contribution in [3.8, 4) is 6.01 Å². The van der Waals surface area contributed by atoms with E-state index in [1.54, 1.807) is 17.2 Å². The van der Waals surface area contributed by atoms with Crippen molar-refractivity contribution in [1.29, 1.82) is 0 Å². The highest BCUT2D eigenvalue weighted by Gasteiger charge is 2.62. The molecule has 0 unspecified atom stereocenters. The van der Waals surface area contributed by atoms with Gasteiger partial charge >= 0.3 is 6.01 Å². The average molecular weight is 353 g/mol. The molecule has 0 saturated carbocycles. The Morgan fingerprint density at radius 3 is 2.88 bits per heavy atom. The maximum atomic E-state index is 12.5. The lowest BCUT2D eigenvalue weighted by atomic mass is 9.83. The van der Waals surface area contributed by atoms with Crippen LogP contribution in [0.4, 0.5) is 0 Å². The van der Waals surface area contributed by atoms with E-state index in [0.717, 1.165) is 12.1 Å². The largest absolute Gasteiger partial charge is 0.463 e. The van der Waals surface area contributed by atoms with Crippen LogP contribution in [0.1, 0.15) is 31.9 Å². The SMILES string of the molecule is CCCC(=O)N1CC2(C1)[C@@H](COc1nccc(C)n1)CCS2(=O)=O. The summed E-state index contributed by atoms with van der Waals surface area (Å²) in [4.78, 5) is 21.9. The van der Waals surface area contributed by atoms with Gasteiger partial charge in [0.2, 0.25) is 5.91 Å². The van der Waals surface area contributed by atoms with Crippen molar-refractivity contribution in [2.45, 2.75) is 37.9 Å². The van der Waals surface area contributed by atoms with E-state index in [4.69, 9.17) is 4.74 Å². The summed E-state index contributed by atoms with van der Waals surface area (Å²) in [6.45, 7) is 4.63. The smallest absolute Gasteiger partial charge is 0.316 e. The van der Waals surface area contributed by atoms with E-state index < -0.39 is 14.6 Å². The Morgan fingerprint density at radius 2 is 2.21 bits per heavy atom. The normalized spacial score (nSPS) is 23.9. The van der Waals surface area contributed by atoms with E-state index >= 15 is 0 Å². The van der Waals surface area contributed by atoms with Gasteiger partial charge in [0.15, 0.2) is 9.84 Å². The monoisotopic (exact) mass is 353 g/mol. The summed E-state index contributed by atoms with van der Waals surface area (Å²) in [6, 6.07) is 2.05. The van der Waals surface area contributed by atoms with Crippen molar-refractivity contribution in [3.05, 3.63) is 18.0 Å². The molecule has 0 aromatic carbocycles. The number of aryl methyl sites for hydroxylation is 1. The Labute approximate surface area is 142 Å². The number of aromatic nitrogens is 2. The highest BCUT2D eigenvalue weighted by molar-refractivity contribution is 7.93. The number of hydrogen-bond acceptors (Lipinski definition) is 6. The first kappa shape index (κ1) is 17.1. The van der Waals surface area contributed by atoms with Gasteiger partial charge < -0.3 is 9.64 Å². The summed E-state index contributed by atoms with van der Waals surface area (Å²) in [5.74, 6) is 0.0649. The van der Waals surface area contributed by atoms with Gasteiger partial charge in [0.25, 0.3) is 0 Å². The molecular formula is C16H23N3O4S. The minimum Gasteiger partial charge on any atom is -0.463 e. The van der Waals surface area contributed by atoms with Gasteiger partial charge in [-0.25, -0.2) is 18.4 Å². The zero-order valence-electron chi connectivity index (χ0n) is 14.1. The molecule has 7 nitrogen and oxygen atoms in total. The van der Waals surface area contributed by atoms with Crippen LogP contribution in [0.15, 0.2) is 12.3 Å². The molecule has 132 valence electrons. The molecule has 0 bridgehead atoms. The van der Waals surface area contributed by atoms with Gasteiger partial charge in [-0.1, -0.05) is 6.92 Å². The molecule has 3 heterocycles. The topological polar surface area (TPSA) is 89.5 Å². The van der Waals surface area contributed by atoms with Crippen LogP contribution in [0.25, 0.3) is 0 Å². The fourth-order valence-electron chi connectivity index (χ4n) is 3.53. The van der Waals surface area contributed by atoms with Gasteiger partial charge in [-0.05, 0) is 25.8 Å². The lowest BCUT2D eigenvalue weighted by molar-refractivity contribution is -0.137. The first-order valence-corrected chi connectivity index (χ1v) is 9.96. The molecule has 3 rings (SSSR count). The van der Waals surface area contributed by atoms with E-state index in [-0.39, 0.29) is 43.3 Å². The first-order chi connectivity index (χ1) is 11.4. The summed E-state index contributed by atoms with van der Waals surface area (Å²) >= 11 is 0.